The average Bonchev–Trinajstić information content (AvgIpc) is 2.27. The van der Waals surface area contributed by atoms with E-state index in [-0.39, 0.29) is 5.25 Å². The van der Waals surface area contributed by atoms with Crippen molar-refractivity contribution in [2.75, 3.05) is 7.05 Å². The highest BCUT2D eigenvalue weighted by Gasteiger charge is 2.31. The zero-order valence-corrected chi connectivity index (χ0v) is 11.1. The Labute approximate surface area is 99.9 Å². The van der Waals surface area contributed by atoms with E-state index in [9.17, 15) is 4.21 Å². The van der Waals surface area contributed by atoms with Crippen LogP contribution >= 0.6 is 0 Å². The highest BCUT2D eigenvalue weighted by Crippen LogP contribution is 2.37. The number of aryl methyl sites for hydroxylation is 2. The molecule has 1 aliphatic heterocycles. The zero-order chi connectivity index (χ0) is 11.9. The summed E-state index contributed by atoms with van der Waals surface area (Å²) < 4.78 is 12.3. The van der Waals surface area contributed by atoms with Gasteiger partial charge < -0.3 is 5.32 Å². The van der Waals surface area contributed by atoms with Gasteiger partial charge in [0, 0.05) is 16.2 Å². The van der Waals surface area contributed by atoms with Crippen LogP contribution in [0, 0.1) is 13.8 Å². The minimum absolute atomic E-state index is 0.241. The first-order valence-corrected chi connectivity index (χ1v) is 6.95. The van der Waals surface area contributed by atoms with Crippen molar-refractivity contribution >= 4 is 10.8 Å². The van der Waals surface area contributed by atoms with E-state index in [4.69, 9.17) is 0 Å². The number of rotatable bonds is 1. The predicted molar refractivity (Wildman–Crippen MR) is 68.2 cm³/mol. The van der Waals surface area contributed by atoms with E-state index in [1.165, 1.54) is 11.1 Å². The second-order valence-corrected chi connectivity index (χ2v) is 6.43. The highest BCUT2D eigenvalue weighted by atomic mass is 32.2. The second-order valence-electron chi connectivity index (χ2n) is 4.63. The minimum atomic E-state index is -0.844. The lowest BCUT2D eigenvalue weighted by atomic mass is 9.95. The van der Waals surface area contributed by atoms with Crippen LogP contribution in [-0.2, 0) is 10.8 Å². The van der Waals surface area contributed by atoms with Crippen molar-refractivity contribution in [2.24, 2.45) is 0 Å². The van der Waals surface area contributed by atoms with Gasteiger partial charge in [-0.25, -0.2) is 0 Å². The van der Waals surface area contributed by atoms with E-state index in [2.05, 4.69) is 38.2 Å². The topological polar surface area (TPSA) is 29.1 Å². The third-order valence-corrected chi connectivity index (χ3v) is 5.31. The number of benzene rings is 1. The van der Waals surface area contributed by atoms with Gasteiger partial charge in [-0.2, -0.15) is 0 Å². The Kier molecular flexibility index (Phi) is 3.17. The lowest BCUT2D eigenvalue weighted by Gasteiger charge is -2.31. The standard InChI is InChI=1S/C13H19NOS/c1-8-5-6-9(2)13-12(8)11(14-4)7-10(3)16(13)15/h5-6,10-11,14H,7H2,1-4H3. The van der Waals surface area contributed by atoms with E-state index < -0.39 is 10.8 Å². The van der Waals surface area contributed by atoms with Gasteiger partial charge in [-0.3, -0.25) is 4.21 Å². The van der Waals surface area contributed by atoms with Gasteiger partial charge in [0.15, 0.2) is 0 Å². The van der Waals surface area contributed by atoms with E-state index in [0.29, 0.717) is 6.04 Å². The van der Waals surface area contributed by atoms with E-state index in [1.54, 1.807) is 0 Å². The number of hydrogen-bond donors (Lipinski definition) is 1. The van der Waals surface area contributed by atoms with Crippen LogP contribution in [0.15, 0.2) is 17.0 Å². The van der Waals surface area contributed by atoms with E-state index in [0.717, 1.165) is 16.9 Å². The van der Waals surface area contributed by atoms with Gasteiger partial charge in [0.2, 0.25) is 0 Å². The van der Waals surface area contributed by atoms with Crippen molar-refractivity contribution < 1.29 is 4.21 Å². The lowest BCUT2D eigenvalue weighted by Crippen LogP contribution is -2.31. The van der Waals surface area contributed by atoms with Crippen LogP contribution in [0.5, 0.6) is 0 Å². The van der Waals surface area contributed by atoms with Crippen molar-refractivity contribution in [3.8, 4) is 0 Å². The van der Waals surface area contributed by atoms with Crippen molar-refractivity contribution in [3.05, 3.63) is 28.8 Å². The first-order chi connectivity index (χ1) is 7.56. The molecule has 0 bridgehead atoms. The summed E-state index contributed by atoms with van der Waals surface area (Å²) in [6.07, 6.45) is 0.959. The fourth-order valence-electron chi connectivity index (χ4n) is 2.51. The Bertz CT molecular complexity index is 442. The van der Waals surface area contributed by atoms with Crippen molar-refractivity contribution in [2.45, 2.75) is 43.4 Å². The molecule has 0 radical (unpaired) electrons. The molecule has 3 unspecified atom stereocenters. The predicted octanol–water partition coefficient (Wildman–Crippen LogP) is 2.46. The first kappa shape index (κ1) is 11.8. The second kappa shape index (κ2) is 4.30. The summed E-state index contributed by atoms with van der Waals surface area (Å²) in [5, 5.41) is 3.59. The van der Waals surface area contributed by atoms with Crippen LogP contribution in [0.2, 0.25) is 0 Å². The number of nitrogens with one attached hydrogen (secondary N) is 1. The molecule has 0 aromatic heterocycles. The third kappa shape index (κ3) is 1.72. The summed E-state index contributed by atoms with van der Waals surface area (Å²) in [6.45, 7) is 6.24. The monoisotopic (exact) mass is 237 g/mol. The quantitative estimate of drug-likeness (QED) is 0.813. The van der Waals surface area contributed by atoms with Crippen molar-refractivity contribution in [1.82, 2.24) is 5.32 Å². The Morgan fingerprint density at radius 1 is 1.31 bits per heavy atom. The van der Waals surface area contributed by atoms with Gasteiger partial charge in [-0.15, -0.1) is 0 Å². The summed E-state index contributed by atoms with van der Waals surface area (Å²) in [6, 6.07) is 4.56. The molecule has 2 nitrogen and oxygen atoms in total. The molecule has 0 saturated carbocycles. The largest absolute Gasteiger partial charge is 0.313 e. The van der Waals surface area contributed by atoms with Gasteiger partial charge in [-0.1, -0.05) is 19.1 Å². The SMILES string of the molecule is CNC1CC(C)S(=O)c2c(C)ccc(C)c21. The van der Waals surface area contributed by atoms with Crippen LogP contribution in [0.4, 0.5) is 0 Å². The Morgan fingerprint density at radius 3 is 2.56 bits per heavy atom. The summed E-state index contributed by atoms with van der Waals surface area (Å²) in [7, 11) is 1.14. The zero-order valence-electron chi connectivity index (χ0n) is 10.3. The number of fused-ring (bicyclic) bond motifs is 1. The Hall–Kier alpha value is -0.670. The third-order valence-electron chi connectivity index (χ3n) is 3.44. The van der Waals surface area contributed by atoms with Gasteiger partial charge in [0.1, 0.15) is 0 Å². The number of hydrogen-bond acceptors (Lipinski definition) is 2. The fraction of sp³-hybridized carbons (Fsp3) is 0.538. The summed E-state index contributed by atoms with van der Waals surface area (Å²) in [5.74, 6) is 0. The Balaban J connectivity index is 2.67. The summed E-state index contributed by atoms with van der Waals surface area (Å²) in [5.41, 5.74) is 3.67. The molecule has 1 aromatic carbocycles. The molecule has 3 heteroatoms. The Morgan fingerprint density at radius 2 is 1.94 bits per heavy atom. The van der Waals surface area contributed by atoms with Gasteiger partial charge in [-0.05, 0) is 44.0 Å². The highest BCUT2D eigenvalue weighted by molar-refractivity contribution is 7.85. The minimum Gasteiger partial charge on any atom is -0.313 e. The van der Waals surface area contributed by atoms with Gasteiger partial charge in [0.05, 0.1) is 10.8 Å². The molecule has 16 heavy (non-hydrogen) atoms. The van der Waals surface area contributed by atoms with Crippen LogP contribution in [0.25, 0.3) is 0 Å². The average molecular weight is 237 g/mol. The molecule has 0 fully saturated rings. The summed E-state index contributed by atoms with van der Waals surface area (Å²) >= 11 is 0. The maximum atomic E-state index is 12.3. The molecule has 3 atom stereocenters. The van der Waals surface area contributed by atoms with E-state index >= 15 is 0 Å². The molecule has 1 heterocycles. The van der Waals surface area contributed by atoms with Gasteiger partial charge in [0.25, 0.3) is 0 Å². The molecule has 1 aromatic rings. The molecule has 88 valence electrons. The maximum absolute atomic E-state index is 12.3. The molecule has 2 rings (SSSR count). The molecule has 0 spiro atoms. The maximum Gasteiger partial charge on any atom is 0.0564 e. The smallest absolute Gasteiger partial charge is 0.0564 e. The molecule has 0 amide bonds. The molecule has 1 N–H and O–H groups in total. The molecular weight excluding hydrogens is 218 g/mol. The van der Waals surface area contributed by atoms with Crippen LogP contribution in [0.3, 0.4) is 0 Å². The van der Waals surface area contributed by atoms with Crippen LogP contribution < -0.4 is 5.32 Å². The van der Waals surface area contributed by atoms with Crippen LogP contribution in [0.1, 0.15) is 36.1 Å². The van der Waals surface area contributed by atoms with E-state index in [1.807, 2.05) is 7.05 Å². The molecular formula is C13H19NOS. The summed E-state index contributed by atoms with van der Waals surface area (Å²) in [4.78, 5) is 1.07. The molecule has 0 aliphatic carbocycles. The van der Waals surface area contributed by atoms with Crippen molar-refractivity contribution in [3.63, 3.8) is 0 Å². The van der Waals surface area contributed by atoms with Gasteiger partial charge >= 0.3 is 0 Å². The lowest BCUT2D eigenvalue weighted by molar-refractivity contribution is 0.514. The van der Waals surface area contributed by atoms with Crippen LogP contribution in [-0.4, -0.2) is 16.5 Å². The molecule has 0 saturated heterocycles. The van der Waals surface area contributed by atoms with Crippen molar-refractivity contribution in [1.29, 1.82) is 0 Å². The normalized spacial score (nSPS) is 28.9. The first-order valence-electron chi connectivity index (χ1n) is 5.74. The molecule has 1 aliphatic rings. The fourth-order valence-corrected chi connectivity index (χ4v) is 4.18.